The molecule has 1 aromatic carbocycles. The molecule has 2 rings (SSSR count). The second-order valence-electron chi connectivity index (χ2n) is 4.43. The molecule has 1 fully saturated rings. The van der Waals surface area contributed by atoms with Crippen LogP contribution in [0, 0.1) is 6.92 Å². The number of carboxylic acids is 1. The van der Waals surface area contributed by atoms with Gasteiger partial charge in [-0.3, -0.25) is 0 Å². The van der Waals surface area contributed by atoms with Gasteiger partial charge in [0.05, 0.1) is 17.1 Å². The fourth-order valence-corrected chi connectivity index (χ4v) is 3.48. The fraction of sp³-hybridized carbons (Fsp3) is 0.417. The van der Waals surface area contributed by atoms with Crippen LogP contribution in [0.15, 0.2) is 18.2 Å². The number of benzene rings is 1. The molecule has 5 nitrogen and oxygen atoms in total. The van der Waals surface area contributed by atoms with Crippen LogP contribution in [0.3, 0.4) is 0 Å². The Morgan fingerprint density at radius 3 is 2.72 bits per heavy atom. The number of hydrogen-bond donors (Lipinski definition) is 1. The molecule has 1 atom stereocenters. The van der Waals surface area contributed by atoms with Crippen LogP contribution in [0.25, 0.3) is 0 Å². The number of carboxylic acid groups (broad SMARTS) is 1. The van der Waals surface area contributed by atoms with Crippen molar-refractivity contribution in [1.29, 1.82) is 0 Å². The van der Waals surface area contributed by atoms with Gasteiger partial charge in [0.1, 0.15) is 11.9 Å². The highest BCUT2D eigenvalue weighted by atomic mass is 32.2. The molecule has 0 aliphatic carbocycles. The maximum absolute atomic E-state index is 11.3. The van der Waals surface area contributed by atoms with Crippen molar-refractivity contribution in [3.63, 3.8) is 0 Å². The standard InChI is InChI=1S/C12H14O5S/c1-8-2-3-9(12(13)14)6-11(8)17-10-4-5-18(15,16)7-10/h2-3,6,10H,4-5,7H2,1H3,(H,13,14). The zero-order chi connectivity index (χ0) is 13.3. The lowest BCUT2D eigenvalue weighted by Gasteiger charge is -2.14. The molecule has 0 amide bonds. The van der Waals surface area contributed by atoms with Crippen LogP contribution in [0.2, 0.25) is 0 Å². The minimum Gasteiger partial charge on any atom is -0.489 e. The summed E-state index contributed by atoms with van der Waals surface area (Å²) in [6.45, 7) is 1.80. The van der Waals surface area contributed by atoms with Crippen LogP contribution in [-0.4, -0.2) is 37.1 Å². The van der Waals surface area contributed by atoms with E-state index in [2.05, 4.69) is 0 Å². The summed E-state index contributed by atoms with van der Waals surface area (Å²) in [5, 5.41) is 8.89. The molecular weight excluding hydrogens is 256 g/mol. The number of carbonyl (C=O) groups is 1. The van der Waals surface area contributed by atoms with Gasteiger partial charge in [0, 0.05) is 0 Å². The highest BCUT2D eigenvalue weighted by molar-refractivity contribution is 7.91. The predicted molar refractivity (Wildman–Crippen MR) is 65.8 cm³/mol. The molecule has 0 bridgehead atoms. The molecule has 98 valence electrons. The first-order valence-corrected chi connectivity index (χ1v) is 7.40. The minimum atomic E-state index is -3.00. The zero-order valence-electron chi connectivity index (χ0n) is 9.92. The summed E-state index contributed by atoms with van der Waals surface area (Å²) in [5.74, 6) is -0.449. The first-order valence-electron chi connectivity index (χ1n) is 5.58. The van der Waals surface area contributed by atoms with Crippen molar-refractivity contribution < 1.29 is 23.1 Å². The summed E-state index contributed by atoms with van der Waals surface area (Å²) in [5.41, 5.74) is 0.931. The Morgan fingerprint density at radius 1 is 1.44 bits per heavy atom. The molecule has 1 unspecified atom stereocenters. The largest absolute Gasteiger partial charge is 0.489 e. The van der Waals surface area contributed by atoms with Crippen LogP contribution in [-0.2, 0) is 9.84 Å². The number of hydrogen-bond acceptors (Lipinski definition) is 4. The quantitative estimate of drug-likeness (QED) is 0.894. The van der Waals surface area contributed by atoms with Crippen molar-refractivity contribution in [2.24, 2.45) is 0 Å². The van der Waals surface area contributed by atoms with E-state index in [1.54, 1.807) is 13.0 Å². The molecule has 1 saturated heterocycles. The summed E-state index contributed by atoms with van der Waals surface area (Å²) in [6.07, 6.45) is 0.0803. The van der Waals surface area contributed by atoms with Gasteiger partial charge in [-0.2, -0.15) is 0 Å². The van der Waals surface area contributed by atoms with Crippen molar-refractivity contribution in [1.82, 2.24) is 0 Å². The van der Waals surface area contributed by atoms with E-state index in [9.17, 15) is 13.2 Å². The number of ether oxygens (including phenoxy) is 1. The Kier molecular flexibility index (Phi) is 3.30. The van der Waals surface area contributed by atoms with E-state index in [-0.39, 0.29) is 23.2 Å². The molecule has 1 aromatic rings. The van der Waals surface area contributed by atoms with Crippen molar-refractivity contribution in [3.8, 4) is 5.75 Å². The first kappa shape index (κ1) is 12.9. The zero-order valence-corrected chi connectivity index (χ0v) is 10.7. The van der Waals surface area contributed by atoms with Gasteiger partial charge in [-0.1, -0.05) is 6.07 Å². The van der Waals surface area contributed by atoms with Crippen LogP contribution in [0.4, 0.5) is 0 Å². The molecule has 6 heteroatoms. The van der Waals surface area contributed by atoms with Crippen molar-refractivity contribution in [2.45, 2.75) is 19.4 Å². The molecular formula is C12H14O5S. The Labute approximate surface area is 105 Å². The molecule has 0 radical (unpaired) electrons. The molecule has 1 heterocycles. The van der Waals surface area contributed by atoms with E-state index in [1.165, 1.54) is 12.1 Å². The molecule has 1 aliphatic heterocycles. The van der Waals surface area contributed by atoms with Crippen molar-refractivity contribution in [3.05, 3.63) is 29.3 Å². The second-order valence-corrected chi connectivity index (χ2v) is 6.66. The third-order valence-electron chi connectivity index (χ3n) is 2.92. The Balaban J connectivity index is 2.19. The molecule has 0 saturated carbocycles. The number of rotatable bonds is 3. The Hall–Kier alpha value is -1.56. The van der Waals surface area contributed by atoms with Crippen LogP contribution in [0.1, 0.15) is 22.3 Å². The lowest BCUT2D eigenvalue weighted by molar-refractivity contribution is 0.0696. The summed E-state index contributed by atoms with van der Waals surface area (Å²) >= 11 is 0. The molecule has 1 aliphatic rings. The third kappa shape index (κ3) is 2.81. The van der Waals surface area contributed by atoms with Gasteiger partial charge in [-0.05, 0) is 31.0 Å². The Bertz CT molecular complexity index is 576. The second kappa shape index (κ2) is 4.61. The van der Waals surface area contributed by atoms with E-state index in [4.69, 9.17) is 9.84 Å². The van der Waals surface area contributed by atoms with E-state index in [1.807, 2.05) is 0 Å². The Morgan fingerprint density at radius 2 is 2.17 bits per heavy atom. The van der Waals surface area contributed by atoms with Crippen molar-refractivity contribution >= 4 is 15.8 Å². The van der Waals surface area contributed by atoms with E-state index in [0.29, 0.717) is 12.2 Å². The minimum absolute atomic E-state index is 0.00371. The number of aromatic carboxylic acids is 1. The maximum atomic E-state index is 11.3. The summed E-state index contributed by atoms with van der Waals surface area (Å²) in [4.78, 5) is 10.9. The van der Waals surface area contributed by atoms with Gasteiger partial charge in [0.25, 0.3) is 0 Å². The average molecular weight is 270 g/mol. The molecule has 1 N–H and O–H groups in total. The predicted octanol–water partition coefficient (Wildman–Crippen LogP) is 1.26. The van der Waals surface area contributed by atoms with Gasteiger partial charge in [-0.15, -0.1) is 0 Å². The van der Waals surface area contributed by atoms with E-state index < -0.39 is 15.8 Å². The van der Waals surface area contributed by atoms with Crippen molar-refractivity contribution in [2.75, 3.05) is 11.5 Å². The smallest absolute Gasteiger partial charge is 0.335 e. The monoisotopic (exact) mass is 270 g/mol. The first-order chi connectivity index (χ1) is 8.37. The maximum Gasteiger partial charge on any atom is 0.335 e. The van der Waals surface area contributed by atoms with Gasteiger partial charge >= 0.3 is 5.97 Å². The SMILES string of the molecule is Cc1ccc(C(=O)O)cc1OC1CCS(=O)(=O)C1. The van der Waals surface area contributed by atoms with Crippen LogP contribution < -0.4 is 4.74 Å². The van der Waals surface area contributed by atoms with Crippen LogP contribution >= 0.6 is 0 Å². The van der Waals surface area contributed by atoms with Gasteiger partial charge in [-0.25, -0.2) is 13.2 Å². The third-order valence-corrected chi connectivity index (χ3v) is 4.66. The molecule has 0 spiro atoms. The van der Waals surface area contributed by atoms with E-state index >= 15 is 0 Å². The average Bonchev–Trinajstić information content (AvgIpc) is 2.61. The molecule has 0 aromatic heterocycles. The van der Waals surface area contributed by atoms with Gasteiger partial charge in [0.2, 0.25) is 0 Å². The van der Waals surface area contributed by atoms with Gasteiger partial charge in [0.15, 0.2) is 9.84 Å². The van der Waals surface area contributed by atoms with Crippen LogP contribution in [0.5, 0.6) is 5.75 Å². The lowest BCUT2D eigenvalue weighted by Crippen LogP contribution is -2.18. The normalized spacial score (nSPS) is 21.7. The lowest BCUT2D eigenvalue weighted by atomic mass is 10.1. The highest BCUT2D eigenvalue weighted by Gasteiger charge is 2.29. The number of sulfone groups is 1. The number of aryl methyl sites for hydroxylation is 1. The highest BCUT2D eigenvalue weighted by Crippen LogP contribution is 2.24. The summed E-state index contributed by atoms with van der Waals surface area (Å²) in [7, 11) is -3.00. The topological polar surface area (TPSA) is 80.7 Å². The van der Waals surface area contributed by atoms with E-state index in [0.717, 1.165) is 5.56 Å². The molecule has 18 heavy (non-hydrogen) atoms. The summed E-state index contributed by atoms with van der Waals surface area (Å²) < 4.78 is 28.2. The van der Waals surface area contributed by atoms with Gasteiger partial charge < -0.3 is 9.84 Å². The fourth-order valence-electron chi connectivity index (χ4n) is 1.89. The summed E-state index contributed by atoms with van der Waals surface area (Å²) in [6, 6.07) is 4.58.